The number of methoxy groups -OCH3 is 1. The van der Waals surface area contributed by atoms with Crippen LogP contribution in [0.1, 0.15) is 36.0 Å². The van der Waals surface area contributed by atoms with Crippen molar-refractivity contribution in [2.75, 3.05) is 26.8 Å². The minimum absolute atomic E-state index is 0.0407. The van der Waals surface area contributed by atoms with Crippen LogP contribution < -0.4 is 9.47 Å². The molecule has 2 fully saturated rings. The Labute approximate surface area is 146 Å². The summed E-state index contributed by atoms with van der Waals surface area (Å²) in [6.07, 6.45) is 3.48. The number of rotatable bonds is 5. The number of nitrogens with zero attached hydrogens (tertiary/aromatic N) is 1. The number of hydrogen-bond donors (Lipinski definition) is 1. The molecule has 1 aliphatic heterocycles. The van der Waals surface area contributed by atoms with Gasteiger partial charge in [-0.2, -0.15) is 0 Å². The van der Waals surface area contributed by atoms with Crippen LogP contribution in [0.3, 0.4) is 0 Å². The Kier molecular flexibility index (Phi) is 5.43. The van der Waals surface area contributed by atoms with E-state index in [9.17, 15) is 9.59 Å². The Morgan fingerprint density at radius 1 is 1.24 bits per heavy atom. The molecule has 7 heteroatoms. The molecule has 1 heterocycles. The van der Waals surface area contributed by atoms with Crippen molar-refractivity contribution in [1.29, 1.82) is 0 Å². The maximum atomic E-state index is 12.7. The Bertz CT molecular complexity index is 640. The molecule has 1 unspecified atom stereocenters. The van der Waals surface area contributed by atoms with Crippen LogP contribution in [0.4, 0.5) is 0 Å². The summed E-state index contributed by atoms with van der Waals surface area (Å²) < 4.78 is 16.5. The summed E-state index contributed by atoms with van der Waals surface area (Å²) in [4.78, 5) is 25.3. The third-order valence-electron chi connectivity index (χ3n) is 4.64. The molecular formula is C18H23NO6. The van der Waals surface area contributed by atoms with Gasteiger partial charge < -0.3 is 24.2 Å². The summed E-state index contributed by atoms with van der Waals surface area (Å²) in [6.45, 7) is 0.622. The molecule has 1 atom stereocenters. The van der Waals surface area contributed by atoms with Crippen molar-refractivity contribution in [1.82, 2.24) is 4.90 Å². The van der Waals surface area contributed by atoms with Gasteiger partial charge in [0.25, 0.3) is 5.91 Å². The van der Waals surface area contributed by atoms with E-state index in [1.54, 1.807) is 25.3 Å². The average Bonchev–Trinajstić information content (AvgIpc) is 3.14. The molecule has 7 nitrogen and oxygen atoms in total. The zero-order valence-corrected chi connectivity index (χ0v) is 14.3. The van der Waals surface area contributed by atoms with Gasteiger partial charge in [-0.1, -0.05) is 0 Å². The van der Waals surface area contributed by atoms with Crippen molar-refractivity contribution in [3.05, 3.63) is 23.8 Å². The summed E-state index contributed by atoms with van der Waals surface area (Å²) in [7, 11) is 1.57. The van der Waals surface area contributed by atoms with Gasteiger partial charge in [0.05, 0.1) is 26.4 Å². The van der Waals surface area contributed by atoms with Crippen molar-refractivity contribution >= 4 is 11.9 Å². The number of carboxylic acid groups (broad SMARTS) is 1. The summed E-state index contributed by atoms with van der Waals surface area (Å²) >= 11 is 0. The number of hydrogen-bond acceptors (Lipinski definition) is 5. The maximum Gasteiger partial charge on any atom is 0.334 e. The number of morpholine rings is 1. The van der Waals surface area contributed by atoms with Gasteiger partial charge in [0.2, 0.25) is 0 Å². The normalized spacial score (nSPS) is 21.2. The van der Waals surface area contributed by atoms with Gasteiger partial charge in [-0.15, -0.1) is 0 Å². The van der Waals surface area contributed by atoms with E-state index in [0.29, 0.717) is 23.6 Å². The second kappa shape index (κ2) is 7.74. The minimum atomic E-state index is -1.06. The van der Waals surface area contributed by atoms with Crippen molar-refractivity contribution in [2.45, 2.75) is 37.9 Å². The van der Waals surface area contributed by atoms with Gasteiger partial charge in [-0.05, 0) is 43.9 Å². The first-order chi connectivity index (χ1) is 12.1. The molecule has 0 bridgehead atoms. The average molecular weight is 349 g/mol. The summed E-state index contributed by atoms with van der Waals surface area (Å²) in [5.41, 5.74) is 0.458. The van der Waals surface area contributed by atoms with E-state index >= 15 is 0 Å². The van der Waals surface area contributed by atoms with Crippen molar-refractivity contribution < 1.29 is 28.9 Å². The summed E-state index contributed by atoms with van der Waals surface area (Å²) in [5, 5.41) is 9.08. The number of carbonyl (C=O) groups is 2. The highest BCUT2D eigenvalue weighted by Crippen LogP contribution is 2.32. The van der Waals surface area contributed by atoms with E-state index in [0.717, 1.165) is 25.7 Å². The van der Waals surface area contributed by atoms with Gasteiger partial charge in [-0.3, -0.25) is 4.79 Å². The SMILES string of the molecule is COc1ccc(C(=O)N2CCOC(C(=O)O)C2)cc1OC1CCCC1. The van der Waals surface area contributed by atoms with Crippen LogP contribution in [0, 0.1) is 0 Å². The smallest absolute Gasteiger partial charge is 0.334 e. The molecule has 136 valence electrons. The topological polar surface area (TPSA) is 85.3 Å². The zero-order chi connectivity index (χ0) is 17.8. The highest BCUT2D eigenvalue weighted by atomic mass is 16.5. The van der Waals surface area contributed by atoms with Gasteiger partial charge in [0.1, 0.15) is 0 Å². The first-order valence-corrected chi connectivity index (χ1v) is 8.57. The molecule has 1 saturated heterocycles. The third kappa shape index (κ3) is 4.04. The predicted molar refractivity (Wildman–Crippen MR) is 89.2 cm³/mol. The zero-order valence-electron chi connectivity index (χ0n) is 14.3. The van der Waals surface area contributed by atoms with Crippen LogP contribution in [0.25, 0.3) is 0 Å². The largest absolute Gasteiger partial charge is 0.493 e. The van der Waals surface area contributed by atoms with E-state index < -0.39 is 12.1 Å². The second-order valence-corrected chi connectivity index (χ2v) is 6.34. The fourth-order valence-electron chi connectivity index (χ4n) is 3.25. The second-order valence-electron chi connectivity index (χ2n) is 6.34. The highest BCUT2D eigenvalue weighted by Gasteiger charge is 2.30. The van der Waals surface area contributed by atoms with Crippen LogP contribution >= 0.6 is 0 Å². The molecule has 0 spiro atoms. The van der Waals surface area contributed by atoms with Gasteiger partial charge in [0.15, 0.2) is 17.6 Å². The predicted octanol–water partition coefficient (Wildman–Crippen LogP) is 1.94. The maximum absolute atomic E-state index is 12.7. The number of aliphatic carboxylic acids is 1. The Morgan fingerprint density at radius 2 is 2.00 bits per heavy atom. The fourth-order valence-corrected chi connectivity index (χ4v) is 3.25. The Balaban J connectivity index is 1.76. The lowest BCUT2D eigenvalue weighted by Crippen LogP contribution is -2.48. The minimum Gasteiger partial charge on any atom is -0.493 e. The van der Waals surface area contributed by atoms with Gasteiger partial charge >= 0.3 is 5.97 Å². The van der Waals surface area contributed by atoms with E-state index in [2.05, 4.69) is 0 Å². The monoisotopic (exact) mass is 349 g/mol. The fraction of sp³-hybridized carbons (Fsp3) is 0.556. The molecule has 1 saturated carbocycles. The first kappa shape index (κ1) is 17.5. The molecule has 0 radical (unpaired) electrons. The molecule has 1 aliphatic carbocycles. The summed E-state index contributed by atoms with van der Waals surface area (Å²) in [6, 6.07) is 5.07. The van der Waals surface area contributed by atoms with Gasteiger partial charge in [0, 0.05) is 12.1 Å². The van der Waals surface area contributed by atoms with Gasteiger partial charge in [-0.25, -0.2) is 4.79 Å². The van der Waals surface area contributed by atoms with Crippen molar-refractivity contribution in [3.8, 4) is 11.5 Å². The molecule has 1 N–H and O–H groups in total. The molecular weight excluding hydrogens is 326 g/mol. The van der Waals surface area contributed by atoms with E-state index in [1.165, 1.54) is 4.90 Å². The van der Waals surface area contributed by atoms with E-state index in [-0.39, 0.29) is 25.2 Å². The number of amides is 1. The third-order valence-corrected chi connectivity index (χ3v) is 4.64. The lowest BCUT2D eigenvalue weighted by atomic mass is 10.1. The summed E-state index contributed by atoms with van der Waals surface area (Å²) in [5.74, 6) is -0.136. The molecule has 1 amide bonds. The number of carboxylic acids is 1. The van der Waals surface area contributed by atoms with Crippen LogP contribution in [-0.4, -0.2) is 60.9 Å². The standard InChI is InChI=1S/C18H23NO6/c1-23-14-7-6-12(10-15(14)25-13-4-2-3-5-13)17(20)19-8-9-24-16(11-19)18(21)22/h6-7,10,13,16H,2-5,8-9,11H2,1H3,(H,21,22). The molecule has 1 aromatic rings. The van der Waals surface area contributed by atoms with Crippen molar-refractivity contribution in [3.63, 3.8) is 0 Å². The van der Waals surface area contributed by atoms with Crippen molar-refractivity contribution in [2.24, 2.45) is 0 Å². The molecule has 1 aromatic carbocycles. The molecule has 3 rings (SSSR count). The molecule has 2 aliphatic rings. The van der Waals surface area contributed by atoms with Crippen LogP contribution in [-0.2, 0) is 9.53 Å². The van der Waals surface area contributed by atoms with Crippen LogP contribution in [0.5, 0.6) is 11.5 Å². The van der Waals surface area contributed by atoms with E-state index in [4.69, 9.17) is 19.3 Å². The number of carbonyl (C=O) groups excluding carboxylic acids is 1. The Hall–Kier alpha value is -2.28. The lowest BCUT2D eigenvalue weighted by Gasteiger charge is -2.31. The Morgan fingerprint density at radius 3 is 2.68 bits per heavy atom. The quantitative estimate of drug-likeness (QED) is 0.874. The van der Waals surface area contributed by atoms with E-state index in [1.807, 2.05) is 0 Å². The highest BCUT2D eigenvalue weighted by molar-refractivity contribution is 5.95. The van der Waals surface area contributed by atoms with Crippen LogP contribution in [0.15, 0.2) is 18.2 Å². The van der Waals surface area contributed by atoms with Crippen LogP contribution in [0.2, 0.25) is 0 Å². The molecule has 25 heavy (non-hydrogen) atoms. The first-order valence-electron chi connectivity index (χ1n) is 8.57. The number of ether oxygens (including phenoxy) is 3. The number of benzene rings is 1. The molecule has 0 aromatic heterocycles. The lowest BCUT2D eigenvalue weighted by molar-refractivity contribution is -0.154.